The van der Waals surface area contributed by atoms with Gasteiger partial charge in [-0.2, -0.15) is 37.3 Å². The number of thioether (sulfide) groups is 1. The van der Waals surface area contributed by atoms with E-state index < -0.39 is 0 Å². The van der Waals surface area contributed by atoms with Crippen LogP contribution >= 0.6 is 11.8 Å². The first kappa shape index (κ1) is 91.7. The molecule has 5 saturated heterocycles. The second kappa shape index (κ2) is 41.3. The largest absolute Gasteiger partial charge is 0.370 e. The monoisotopic (exact) mass is 1840 g/mol. The van der Waals surface area contributed by atoms with Crippen molar-refractivity contribution in [2.24, 2.45) is 5.92 Å². The van der Waals surface area contributed by atoms with Crippen molar-refractivity contribution < 1.29 is 19.7 Å². The van der Waals surface area contributed by atoms with E-state index in [4.69, 9.17) is 0 Å². The molecule has 2 unspecified atom stereocenters. The molecule has 0 spiro atoms. The molecule has 0 bridgehead atoms. The van der Waals surface area contributed by atoms with Crippen LogP contribution in [0.2, 0.25) is 0 Å². The molecule has 5 N–H and O–H groups in total. The third kappa shape index (κ3) is 20.1. The van der Waals surface area contributed by atoms with Crippen LogP contribution in [-0.2, 0) is 0 Å². The molecule has 0 radical (unpaired) electrons. The number of piperidine rings is 2. The van der Waals surface area contributed by atoms with Gasteiger partial charge in [-0.1, -0.05) is 153 Å². The van der Waals surface area contributed by atoms with Gasteiger partial charge in [-0.15, -0.1) is 0 Å². The first-order valence-corrected chi connectivity index (χ1v) is 46.2. The highest BCUT2D eigenvalue weighted by atomic mass is 32.2. The summed E-state index contributed by atoms with van der Waals surface area (Å²) >= 11 is 2.01. The van der Waals surface area contributed by atoms with E-state index in [9.17, 15) is 64.4 Å². The van der Waals surface area contributed by atoms with Crippen LogP contribution in [0, 0.1) is 46.4 Å². The molecule has 0 saturated carbocycles. The number of nitro benzene ring substituents is 4. The molecule has 5 aliphatic rings. The van der Waals surface area contributed by atoms with Gasteiger partial charge in [0.2, 0.25) is 0 Å². The van der Waals surface area contributed by atoms with E-state index in [2.05, 4.69) is 131 Å². The third-order valence-corrected chi connectivity index (χ3v) is 26.4. The van der Waals surface area contributed by atoms with Crippen molar-refractivity contribution in [3.8, 4) is 56.3 Å². The summed E-state index contributed by atoms with van der Waals surface area (Å²) in [6.45, 7) is 15.1. The number of nitrogens with one attached hydrogen (secondary N) is 5. The number of nitrogens with zero attached hydrogens (tertiary/aromatic N) is 16. The third-order valence-electron chi connectivity index (χ3n) is 25.5. The Balaban J connectivity index is 0.000000118. The molecule has 0 amide bonds. The predicted molar refractivity (Wildman–Crippen MR) is 537 cm³/mol. The molecule has 35 heteroatoms. The number of likely N-dealkylation sites (N-methyl/N-ethyl adjacent to an activating group) is 1. The number of aromatic amines is 5. The maximum absolute atomic E-state index is 12.1. The molecule has 34 nitrogen and oxygen atoms in total. The van der Waals surface area contributed by atoms with E-state index >= 15 is 0 Å². The molecule has 690 valence electrons. The highest BCUT2D eigenvalue weighted by molar-refractivity contribution is 7.99. The number of para-hydroxylation sites is 1. The van der Waals surface area contributed by atoms with E-state index in [0.717, 1.165) is 126 Å². The second-order valence-corrected chi connectivity index (χ2v) is 35.3. The number of piperazine rings is 2. The summed E-state index contributed by atoms with van der Waals surface area (Å²) in [6.07, 6.45) is 5.40. The van der Waals surface area contributed by atoms with E-state index in [1.165, 1.54) is 17.2 Å². The Morgan fingerprint density at radius 3 is 0.963 bits per heavy atom. The van der Waals surface area contributed by atoms with Crippen molar-refractivity contribution in [2.75, 3.05) is 133 Å². The number of hydrogen-bond acceptors (Lipinski definition) is 26. The highest BCUT2D eigenvalue weighted by Crippen LogP contribution is 2.42. The van der Waals surface area contributed by atoms with Crippen molar-refractivity contribution in [3.05, 3.63) is 341 Å². The van der Waals surface area contributed by atoms with Gasteiger partial charge in [0.25, 0.3) is 50.5 Å². The fraction of sp³-hybridized carbons (Fsp3) is 0.248. The van der Waals surface area contributed by atoms with Crippen molar-refractivity contribution in [3.63, 3.8) is 0 Å². The van der Waals surface area contributed by atoms with E-state index in [0.29, 0.717) is 135 Å². The lowest BCUT2D eigenvalue weighted by atomic mass is 9.98. The van der Waals surface area contributed by atoms with Gasteiger partial charge in [-0.25, -0.2) is 25.5 Å². The number of rotatable bonds is 15. The predicted octanol–water partition coefficient (Wildman–Crippen LogP) is 16.8. The summed E-state index contributed by atoms with van der Waals surface area (Å²) < 4.78 is 0. The maximum atomic E-state index is 12.1. The summed E-state index contributed by atoms with van der Waals surface area (Å²) in [6, 6.07) is 75.7. The van der Waals surface area contributed by atoms with Crippen molar-refractivity contribution in [2.45, 2.75) is 52.0 Å². The summed E-state index contributed by atoms with van der Waals surface area (Å²) in [7, 11) is 2.04. The van der Waals surface area contributed by atoms with Gasteiger partial charge in [0.1, 0.15) is 22.7 Å². The van der Waals surface area contributed by atoms with Crippen LogP contribution < -0.4 is 57.2 Å². The van der Waals surface area contributed by atoms with Crippen LogP contribution in [0.3, 0.4) is 0 Å². The van der Waals surface area contributed by atoms with Crippen LogP contribution in [0.25, 0.3) is 110 Å². The van der Waals surface area contributed by atoms with Crippen molar-refractivity contribution >= 4 is 122 Å². The van der Waals surface area contributed by atoms with Crippen LogP contribution in [0.5, 0.6) is 0 Å². The number of benzene rings is 11. The number of aromatic nitrogens is 10. The minimum absolute atomic E-state index is 0.0349. The average Bonchev–Trinajstić information content (AvgIpc) is 0.750. The highest BCUT2D eigenvalue weighted by Gasteiger charge is 2.32. The smallest absolute Gasteiger partial charge is 0.293 e. The zero-order chi connectivity index (χ0) is 94.6. The molecule has 136 heavy (non-hydrogen) atoms. The summed E-state index contributed by atoms with van der Waals surface area (Å²) in [5, 5.41) is 86.9. The quantitative estimate of drug-likeness (QED) is 0.0470. The van der Waals surface area contributed by atoms with E-state index in [1.54, 1.807) is 121 Å². The summed E-state index contributed by atoms with van der Waals surface area (Å²) in [4.78, 5) is 121. The van der Waals surface area contributed by atoms with Crippen LogP contribution in [0.4, 0.5) is 56.9 Å². The topological polar surface area (TPSA) is 424 Å². The minimum atomic E-state index is -0.356. The molecular formula is C101H97N21O13S. The number of fused-ring (bicyclic) bond motifs is 5. The fourth-order valence-electron chi connectivity index (χ4n) is 18.4. The molecular weight excluding hydrogens is 1750 g/mol. The van der Waals surface area contributed by atoms with Gasteiger partial charge in [-0.3, -0.25) is 64.4 Å². The van der Waals surface area contributed by atoms with Gasteiger partial charge in [0, 0.05) is 193 Å². The molecule has 0 aliphatic carbocycles. The van der Waals surface area contributed by atoms with Crippen molar-refractivity contribution in [1.82, 2.24) is 55.9 Å². The number of nitro groups is 4. The minimum Gasteiger partial charge on any atom is -0.370 e. The molecule has 2 atom stereocenters. The Hall–Kier alpha value is -16.2. The normalized spacial score (nSPS) is 15.7. The van der Waals surface area contributed by atoms with Gasteiger partial charge in [0.15, 0.2) is 0 Å². The van der Waals surface area contributed by atoms with Crippen molar-refractivity contribution in [1.29, 1.82) is 0 Å². The zero-order valence-corrected chi connectivity index (χ0v) is 75.7. The van der Waals surface area contributed by atoms with E-state index in [1.807, 2.05) is 115 Å². The molecule has 5 aromatic heterocycles. The van der Waals surface area contributed by atoms with Gasteiger partial charge < -0.3 is 34.3 Å². The van der Waals surface area contributed by atoms with Gasteiger partial charge >= 0.3 is 0 Å². The van der Waals surface area contributed by atoms with Crippen LogP contribution in [0.15, 0.2) is 273 Å². The Bertz CT molecular complexity index is 7490. The SMILES string of the molecule is CC1CCCCN1c1ccc(-c2n[nH]c(=O)c3ccccc23)cc1[N+](=O)[O-].CC1CCCN(c2ccc(-c3n[nH]c(=O)c4ccccc34)cc2[N+](=O)[O-])C1.CN1CCN(c2ccc(-c3n[nH]c(=O)c4ccccc34)cc2[N+](=O)[O-])CC1.O=c1[nH]nc(-c2ccc(N3CCN(c4ccccc4)CC3)c([N+](=O)[O-])c2)c2ccccc12.O=c1[nH]nc(-c2ccc(N3CCSCC3)cc2)c2ccccc12. The van der Waals surface area contributed by atoms with Crippen LogP contribution in [-0.4, -0.2) is 185 Å². The Kier molecular flexibility index (Phi) is 27.9. The number of anilines is 6. The second-order valence-electron chi connectivity index (χ2n) is 34.1. The Morgan fingerprint density at radius 2 is 0.603 bits per heavy atom. The molecule has 21 rings (SSSR count). The molecule has 11 aromatic carbocycles. The Labute approximate surface area is 781 Å². The fourth-order valence-corrected chi connectivity index (χ4v) is 19.3. The van der Waals surface area contributed by atoms with E-state index in [-0.39, 0.29) is 76.3 Å². The van der Waals surface area contributed by atoms with Gasteiger partial charge in [0.05, 0.1) is 75.1 Å². The lowest BCUT2D eigenvalue weighted by molar-refractivity contribution is -0.384. The van der Waals surface area contributed by atoms with Gasteiger partial charge in [-0.05, 0) is 131 Å². The molecule has 10 heterocycles. The summed E-state index contributed by atoms with van der Waals surface area (Å²) in [5.41, 5.74) is 10.2. The molecule has 16 aromatic rings. The first-order valence-electron chi connectivity index (χ1n) is 45.0. The first-order chi connectivity index (χ1) is 66.1. The lowest BCUT2D eigenvalue weighted by Crippen LogP contribution is -2.46. The zero-order valence-electron chi connectivity index (χ0n) is 74.8. The Morgan fingerprint density at radius 1 is 0.301 bits per heavy atom. The lowest BCUT2D eigenvalue weighted by Gasteiger charge is -2.37. The molecule has 5 fully saturated rings. The average molecular weight is 1850 g/mol. The molecule has 5 aliphatic heterocycles. The van der Waals surface area contributed by atoms with Crippen LogP contribution in [0.1, 0.15) is 46.0 Å². The number of hydrogen-bond donors (Lipinski definition) is 5. The number of H-pyrrole nitrogens is 5. The standard InChI is InChI=1S/C24H21N5O3.2C20H20N4O3.C19H19N5O3.C18H17N3OS/c30-24-20-9-5-4-8-19(20)23(25-26-24)17-10-11-21(22(16-17)29(31)32)28-14-12-27(13-15-28)18-6-2-1-3-7-18;1-13-6-4-5-11-23(13)17-10-9-14(12-18(17)24(26)27)19-15-7-2-3-8-16(15)20(25)22-21-19;1-13-5-4-10-23(12-13)17-9-8-14(11-18(17)24(26)27)19-15-6-2-3-7-16(15)20(25)22-21-19;1-22-8-10-23(11-9-22)16-7-6-13(12-17(16)24(26)27)18-14-4-2-3-5-15(14)19(25)21-20-18;22-18-16-4-2-1-3-15(16)17(19-20-18)13-5-7-14(8-6-13)21-9-11-23-12-10-21/h1-11,16H,12-15H2,(H,26,30);2-3,7-10,12-13H,4-6,11H2,1H3,(H,22,25);2-3,6-9,11,13H,4-5,10,12H2,1H3,(H,22,25);2-7,12H,8-11H2,1H3,(H,21,25);1-8H,9-12H2,(H,20,22). The maximum Gasteiger partial charge on any atom is 0.293 e. The summed E-state index contributed by atoms with van der Waals surface area (Å²) in [5.74, 6) is 2.89.